The molecule has 0 bridgehead atoms. The van der Waals surface area contributed by atoms with Crippen molar-refractivity contribution >= 4 is 23.4 Å². The number of likely N-dealkylation sites (N-methyl/N-ethyl adjacent to an activating group) is 1. The number of nitrogens with one attached hydrogen (secondary N) is 1. The molecule has 0 radical (unpaired) electrons. The van der Waals surface area contributed by atoms with Gasteiger partial charge < -0.3 is 20.1 Å². The number of anilines is 2. The fourth-order valence-corrected chi connectivity index (χ4v) is 1.63. The van der Waals surface area contributed by atoms with Crippen LogP contribution in [0.25, 0.3) is 0 Å². The van der Waals surface area contributed by atoms with Crippen molar-refractivity contribution in [2.75, 3.05) is 44.6 Å². The lowest BCUT2D eigenvalue weighted by molar-refractivity contribution is 0.0694. The molecule has 6 nitrogen and oxygen atoms in total. The average molecular weight is 261 g/mol. The van der Waals surface area contributed by atoms with E-state index in [-0.39, 0.29) is 6.61 Å². The largest absolute Gasteiger partial charge is 0.389 e. The number of methoxy groups -OCH3 is 1. The van der Waals surface area contributed by atoms with Crippen molar-refractivity contribution in [1.29, 1.82) is 0 Å². The van der Waals surface area contributed by atoms with Crippen molar-refractivity contribution in [3.05, 3.63) is 11.2 Å². The van der Waals surface area contributed by atoms with E-state index in [1.807, 2.05) is 0 Å². The molecule has 0 saturated carbocycles. The Morgan fingerprint density at radius 2 is 2.35 bits per heavy atom. The van der Waals surface area contributed by atoms with E-state index in [1.165, 1.54) is 6.20 Å². The molecule has 17 heavy (non-hydrogen) atoms. The van der Waals surface area contributed by atoms with Gasteiger partial charge in [0.05, 0.1) is 18.9 Å². The van der Waals surface area contributed by atoms with E-state index in [1.54, 1.807) is 26.1 Å². The Morgan fingerprint density at radius 3 is 2.94 bits per heavy atom. The summed E-state index contributed by atoms with van der Waals surface area (Å²) in [5.41, 5.74) is 0. The molecule has 0 spiro atoms. The minimum atomic E-state index is -0.589. The average Bonchev–Trinajstić information content (AvgIpc) is 2.29. The lowest BCUT2D eigenvalue weighted by Crippen LogP contribution is -2.32. The molecule has 1 heterocycles. The summed E-state index contributed by atoms with van der Waals surface area (Å²) < 4.78 is 4.86. The van der Waals surface area contributed by atoms with Crippen LogP contribution in [0.5, 0.6) is 0 Å². The van der Waals surface area contributed by atoms with E-state index in [2.05, 4.69) is 15.3 Å². The number of aliphatic hydroxyl groups is 1. The summed E-state index contributed by atoms with van der Waals surface area (Å²) in [6.07, 6.45) is 0.934. The van der Waals surface area contributed by atoms with E-state index in [0.29, 0.717) is 23.3 Å². The van der Waals surface area contributed by atoms with Gasteiger partial charge in [0.2, 0.25) is 5.95 Å². The van der Waals surface area contributed by atoms with Crippen LogP contribution in [0.3, 0.4) is 0 Å². The molecule has 0 amide bonds. The van der Waals surface area contributed by atoms with Crippen molar-refractivity contribution in [3.63, 3.8) is 0 Å². The molecular weight excluding hydrogens is 244 g/mol. The van der Waals surface area contributed by atoms with Gasteiger partial charge >= 0.3 is 0 Å². The standard InChI is InChI=1S/C10H17ClN4O2/c1-12-10-13-4-8(11)9(14-10)15(2)5-7(16)6-17-3/h4,7,16H,5-6H2,1-3H3,(H,12,13,14). The van der Waals surface area contributed by atoms with E-state index >= 15 is 0 Å². The van der Waals surface area contributed by atoms with E-state index in [9.17, 15) is 5.11 Å². The smallest absolute Gasteiger partial charge is 0.224 e. The highest BCUT2D eigenvalue weighted by molar-refractivity contribution is 6.32. The number of aliphatic hydroxyl groups excluding tert-OH is 1. The number of nitrogens with zero attached hydrogens (tertiary/aromatic N) is 3. The molecule has 1 atom stereocenters. The van der Waals surface area contributed by atoms with Crippen molar-refractivity contribution in [1.82, 2.24) is 9.97 Å². The minimum Gasteiger partial charge on any atom is -0.389 e. The topological polar surface area (TPSA) is 70.5 Å². The second kappa shape index (κ2) is 6.58. The number of halogens is 1. The lowest BCUT2D eigenvalue weighted by Gasteiger charge is -2.22. The van der Waals surface area contributed by atoms with Gasteiger partial charge in [0.1, 0.15) is 5.02 Å². The molecule has 7 heteroatoms. The minimum absolute atomic E-state index is 0.270. The van der Waals surface area contributed by atoms with Crippen molar-refractivity contribution < 1.29 is 9.84 Å². The molecule has 96 valence electrons. The second-order valence-corrected chi connectivity index (χ2v) is 4.01. The zero-order valence-corrected chi connectivity index (χ0v) is 10.9. The van der Waals surface area contributed by atoms with Gasteiger partial charge in [0.15, 0.2) is 5.82 Å². The first-order valence-corrected chi connectivity index (χ1v) is 5.54. The van der Waals surface area contributed by atoms with E-state index < -0.39 is 6.10 Å². The van der Waals surface area contributed by atoms with E-state index in [4.69, 9.17) is 16.3 Å². The van der Waals surface area contributed by atoms with Crippen LogP contribution in [0.1, 0.15) is 0 Å². The van der Waals surface area contributed by atoms with Crippen LogP contribution in [0.2, 0.25) is 5.02 Å². The quantitative estimate of drug-likeness (QED) is 0.781. The Bertz CT molecular complexity index is 364. The Balaban J connectivity index is 2.76. The van der Waals surface area contributed by atoms with Crippen LogP contribution in [0.4, 0.5) is 11.8 Å². The van der Waals surface area contributed by atoms with Gasteiger partial charge in [-0.15, -0.1) is 0 Å². The summed E-state index contributed by atoms with van der Waals surface area (Å²) in [6, 6.07) is 0. The lowest BCUT2D eigenvalue weighted by atomic mass is 10.3. The number of aromatic nitrogens is 2. The molecule has 0 fully saturated rings. The first kappa shape index (κ1) is 14.0. The highest BCUT2D eigenvalue weighted by Gasteiger charge is 2.13. The van der Waals surface area contributed by atoms with Crippen LogP contribution in [0.15, 0.2) is 6.20 Å². The van der Waals surface area contributed by atoms with Crippen molar-refractivity contribution in [2.24, 2.45) is 0 Å². The summed E-state index contributed by atoms with van der Waals surface area (Å²) in [5.74, 6) is 1.05. The fraction of sp³-hybridized carbons (Fsp3) is 0.600. The summed E-state index contributed by atoms with van der Waals surface area (Å²) in [5, 5.41) is 12.9. The maximum atomic E-state index is 9.63. The molecule has 0 aliphatic heterocycles. The SMILES string of the molecule is CNc1ncc(Cl)c(N(C)CC(O)COC)n1. The Labute approximate surface area is 106 Å². The van der Waals surface area contributed by atoms with Gasteiger partial charge in [0.25, 0.3) is 0 Å². The van der Waals surface area contributed by atoms with Crippen molar-refractivity contribution in [2.45, 2.75) is 6.10 Å². The zero-order chi connectivity index (χ0) is 12.8. The molecule has 1 aromatic heterocycles. The third-order valence-corrected chi connectivity index (χ3v) is 2.42. The molecule has 0 aromatic carbocycles. The molecule has 0 saturated heterocycles. The third-order valence-electron chi connectivity index (χ3n) is 2.15. The van der Waals surface area contributed by atoms with Gasteiger partial charge in [-0.1, -0.05) is 11.6 Å². The number of hydrogen-bond acceptors (Lipinski definition) is 6. The van der Waals surface area contributed by atoms with Gasteiger partial charge in [-0.25, -0.2) is 4.98 Å². The summed E-state index contributed by atoms with van der Waals surface area (Å²) in [7, 11) is 5.07. The highest BCUT2D eigenvalue weighted by atomic mass is 35.5. The van der Waals surface area contributed by atoms with Crippen molar-refractivity contribution in [3.8, 4) is 0 Å². The summed E-state index contributed by atoms with van der Waals surface area (Å²) in [4.78, 5) is 9.97. The Morgan fingerprint density at radius 1 is 1.65 bits per heavy atom. The second-order valence-electron chi connectivity index (χ2n) is 3.60. The summed E-state index contributed by atoms with van der Waals surface area (Å²) in [6.45, 7) is 0.652. The fourth-order valence-electron chi connectivity index (χ4n) is 1.39. The van der Waals surface area contributed by atoms with Crippen LogP contribution >= 0.6 is 11.6 Å². The zero-order valence-electron chi connectivity index (χ0n) is 10.1. The molecule has 1 rings (SSSR count). The van der Waals surface area contributed by atoms with Crippen LogP contribution in [-0.2, 0) is 4.74 Å². The summed E-state index contributed by atoms with van der Waals surface area (Å²) >= 11 is 6.00. The molecule has 0 aliphatic rings. The van der Waals surface area contributed by atoms with Gasteiger partial charge in [-0.2, -0.15) is 4.98 Å². The molecule has 0 aliphatic carbocycles. The van der Waals surface area contributed by atoms with Gasteiger partial charge in [-0.05, 0) is 0 Å². The number of ether oxygens (including phenoxy) is 1. The number of rotatable bonds is 6. The first-order chi connectivity index (χ1) is 8.08. The molecule has 1 aromatic rings. The van der Waals surface area contributed by atoms with E-state index in [0.717, 1.165) is 0 Å². The Hall–Kier alpha value is -1.11. The first-order valence-electron chi connectivity index (χ1n) is 5.17. The van der Waals surface area contributed by atoms with Gasteiger partial charge in [0, 0.05) is 27.7 Å². The molecule has 2 N–H and O–H groups in total. The highest BCUT2D eigenvalue weighted by Crippen LogP contribution is 2.22. The monoisotopic (exact) mass is 260 g/mol. The normalized spacial score (nSPS) is 12.3. The van der Waals surface area contributed by atoms with Crippen LogP contribution in [-0.4, -0.2) is 55.5 Å². The third kappa shape index (κ3) is 3.99. The predicted molar refractivity (Wildman–Crippen MR) is 67.7 cm³/mol. The van der Waals surface area contributed by atoms with Gasteiger partial charge in [-0.3, -0.25) is 0 Å². The number of hydrogen-bond donors (Lipinski definition) is 2. The maximum Gasteiger partial charge on any atom is 0.224 e. The predicted octanol–water partition coefficient (Wildman–Crippen LogP) is 0.615. The molecular formula is C10H17ClN4O2. The molecule has 1 unspecified atom stereocenters. The maximum absolute atomic E-state index is 9.63. The van der Waals surface area contributed by atoms with Crippen LogP contribution < -0.4 is 10.2 Å². The van der Waals surface area contributed by atoms with Crippen LogP contribution in [0, 0.1) is 0 Å². The Kier molecular flexibility index (Phi) is 5.40.